The third-order valence-electron chi connectivity index (χ3n) is 2.65. The molecular weight excluding hydrogens is 250 g/mol. The Morgan fingerprint density at radius 1 is 1.32 bits per heavy atom. The van der Waals surface area contributed by atoms with Crippen LogP contribution in [-0.4, -0.2) is 48.1 Å². The van der Waals surface area contributed by atoms with Gasteiger partial charge in [0.2, 0.25) is 5.91 Å². The summed E-state index contributed by atoms with van der Waals surface area (Å²) in [5.74, 6) is -1.77. The van der Waals surface area contributed by atoms with E-state index in [0.717, 1.165) is 0 Å². The van der Waals surface area contributed by atoms with Crippen LogP contribution in [0.1, 0.15) is 26.7 Å². The molecular formula is C12H23N3O4. The number of carboxylic acids is 1. The van der Waals surface area contributed by atoms with Crippen molar-refractivity contribution in [3.05, 3.63) is 0 Å². The van der Waals surface area contributed by atoms with Gasteiger partial charge in [-0.25, -0.2) is 4.79 Å². The van der Waals surface area contributed by atoms with Gasteiger partial charge in [-0.15, -0.1) is 0 Å². The molecule has 3 amide bonds. The average Bonchev–Trinajstić information content (AvgIpc) is 2.29. The van der Waals surface area contributed by atoms with Gasteiger partial charge in [-0.05, 0) is 12.3 Å². The number of urea groups is 1. The van der Waals surface area contributed by atoms with Crippen molar-refractivity contribution in [2.45, 2.75) is 26.7 Å². The van der Waals surface area contributed by atoms with Gasteiger partial charge in [0.1, 0.15) is 0 Å². The predicted octanol–water partition coefficient (Wildman–Crippen LogP) is 0.250. The fourth-order valence-electron chi connectivity index (χ4n) is 1.57. The summed E-state index contributed by atoms with van der Waals surface area (Å²) < 4.78 is 0. The number of nitrogens with zero attached hydrogens (tertiary/aromatic N) is 1. The second-order valence-electron chi connectivity index (χ2n) is 4.99. The molecule has 0 bridgehead atoms. The first-order chi connectivity index (χ1) is 8.73. The highest BCUT2D eigenvalue weighted by Crippen LogP contribution is 2.11. The number of carboxylic acid groups (broad SMARTS) is 1. The molecule has 0 aliphatic carbocycles. The lowest BCUT2D eigenvalue weighted by molar-refractivity contribution is -0.142. The third kappa shape index (κ3) is 8.01. The molecule has 1 atom stereocenters. The summed E-state index contributed by atoms with van der Waals surface area (Å²) in [6, 6.07) is -0.406. The first-order valence-corrected chi connectivity index (χ1v) is 6.24. The number of carbonyl (C=O) groups is 3. The molecule has 0 aromatic carbocycles. The summed E-state index contributed by atoms with van der Waals surface area (Å²) in [7, 11) is 1.52. The molecule has 0 spiro atoms. The Hall–Kier alpha value is -1.79. The van der Waals surface area contributed by atoms with Gasteiger partial charge in [-0.2, -0.15) is 0 Å². The van der Waals surface area contributed by atoms with E-state index in [0.29, 0.717) is 6.42 Å². The van der Waals surface area contributed by atoms with Crippen molar-refractivity contribution in [3.63, 3.8) is 0 Å². The average molecular weight is 273 g/mol. The SMILES string of the molecule is CC(C)CC(CNC(=O)N(C)CCC(N)=O)C(=O)O. The molecule has 110 valence electrons. The highest BCUT2D eigenvalue weighted by atomic mass is 16.4. The fourth-order valence-corrected chi connectivity index (χ4v) is 1.57. The molecule has 0 aromatic rings. The number of nitrogens with two attached hydrogens (primary N) is 1. The van der Waals surface area contributed by atoms with E-state index in [1.807, 2.05) is 13.8 Å². The lowest BCUT2D eigenvalue weighted by Crippen LogP contribution is -2.42. The van der Waals surface area contributed by atoms with Gasteiger partial charge >= 0.3 is 12.0 Å². The summed E-state index contributed by atoms with van der Waals surface area (Å²) in [5, 5.41) is 11.6. The van der Waals surface area contributed by atoms with Crippen LogP contribution in [0.3, 0.4) is 0 Å². The Balaban J connectivity index is 4.17. The van der Waals surface area contributed by atoms with Crippen molar-refractivity contribution in [2.24, 2.45) is 17.6 Å². The monoisotopic (exact) mass is 273 g/mol. The first-order valence-electron chi connectivity index (χ1n) is 6.24. The molecule has 7 heteroatoms. The Kier molecular flexibility index (Phi) is 7.55. The predicted molar refractivity (Wildman–Crippen MR) is 70.4 cm³/mol. The fraction of sp³-hybridized carbons (Fsp3) is 0.750. The summed E-state index contributed by atoms with van der Waals surface area (Å²) >= 11 is 0. The Morgan fingerprint density at radius 3 is 2.32 bits per heavy atom. The van der Waals surface area contributed by atoms with Crippen LogP contribution in [0.15, 0.2) is 0 Å². The number of nitrogens with one attached hydrogen (secondary N) is 1. The van der Waals surface area contributed by atoms with Gasteiger partial charge in [-0.3, -0.25) is 9.59 Å². The van der Waals surface area contributed by atoms with E-state index >= 15 is 0 Å². The summed E-state index contributed by atoms with van der Waals surface area (Å²) in [6.07, 6.45) is 0.582. The summed E-state index contributed by atoms with van der Waals surface area (Å²) in [6.45, 7) is 4.14. The lowest BCUT2D eigenvalue weighted by Gasteiger charge is -2.20. The minimum Gasteiger partial charge on any atom is -0.481 e. The molecule has 19 heavy (non-hydrogen) atoms. The van der Waals surface area contributed by atoms with Gasteiger partial charge in [0.15, 0.2) is 0 Å². The van der Waals surface area contributed by atoms with Crippen molar-refractivity contribution >= 4 is 17.9 Å². The van der Waals surface area contributed by atoms with E-state index in [9.17, 15) is 14.4 Å². The van der Waals surface area contributed by atoms with Crippen LogP contribution in [-0.2, 0) is 9.59 Å². The van der Waals surface area contributed by atoms with E-state index in [-0.39, 0.29) is 25.4 Å². The minimum atomic E-state index is -0.922. The van der Waals surface area contributed by atoms with Gasteiger partial charge in [-0.1, -0.05) is 13.8 Å². The minimum absolute atomic E-state index is 0.0766. The molecule has 1 unspecified atom stereocenters. The molecule has 0 fully saturated rings. The highest BCUT2D eigenvalue weighted by Gasteiger charge is 2.20. The van der Waals surface area contributed by atoms with Crippen LogP contribution in [0.4, 0.5) is 4.79 Å². The maximum absolute atomic E-state index is 11.6. The number of hydrogen-bond acceptors (Lipinski definition) is 3. The first kappa shape index (κ1) is 17.2. The molecule has 0 radical (unpaired) electrons. The van der Waals surface area contributed by atoms with E-state index in [1.165, 1.54) is 11.9 Å². The van der Waals surface area contributed by atoms with E-state index < -0.39 is 23.8 Å². The molecule has 0 aromatic heterocycles. The summed E-state index contributed by atoms with van der Waals surface area (Å²) in [4.78, 5) is 34.5. The Labute approximate surface area is 113 Å². The highest BCUT2D eigenvalue weighted by molar-refractivity contribution is 5.77. The van der Waals surface area contributed by atoms with Gasteiger partial charge in [0.05, 0.1) is 5.92 Å². The molecule has 0 saturated heterocycles. The molecule has 0 saturated carbocycles. The molecule has 4 N–H and O–H groups in total. The van der Waals surface area contributed by atoms with Crippen LogP contribution in [0.2, 0.25) is 0 Å². The zero-order chi connectivity index (χ0) is 15.0. The topological polar surface area (TPSA) is 113 Å². The van der Waals surface area contributed by atoms with Crippen LogP contribution in [0, 0.1) is 11.8 Å². The molecule has 0 heterocycles. The van der Waals surface area contributed by atoms with Gasteiger partial charge in [0, 0.05) is 26.6 Å². The number of carbonyl (C=O) groups excluding carboxylic acids is 2. The quantitative estimate of drug-likeness (QED) is 0.588. The van der Waals surface area contributed by atoms with E-state index in [4.69, 9.17) is 10.8 Å². The maximum atomic E-state index is 11.6. The third-order valence-corrected chi connectivity index (χ3v) is 2.65. The van der Waals surface area contributed by atoms with Crippen molar-refractivity contribution in [1.29, 1.82) is 0 Å². The van der Waals surface area contributed by atoms with Crippen molar-refractivity contribution in [1.82, 2.24) is 10.2 Å². The number of primary amides is 1. The van der Waals surface area contributed by atoms with Crippen LogP contribution >= 0.6 is 0 Å². The maximum Gasteiger partial charge on any atom is 0.317 e. The number of amides is 3. The molecule has 0 rings (SSSR count). The normalized spacial score (nSPS) is 12.0. The number of rotatable bonds is 8. The second kappa shape index (κ2) is 8.34. The van der Waals surface area contributed by atoms with Gasteiger partial charge in [0.25, 0.3) is 0 Å². The molecule has 7 nitrogen and oxygen atoms in total. The van der Waals surface area contributed by atoms with Crippen molar-refractivity contribution < 1.29 is 19.5 Å². The largest absolute Gasteiger partial charge is 0.481 e. The van der Waals surface area contributed by atoms with E-state index in [2.05, 4.69) is 5.32 Å². The van der Waals surface area contributed by atoms with E-state index in [1.54, 1.807) is 0 Å². The standard InChI is InChI=1S/C12H23N3O4/c1-8(2)6-9(11(17)18)7-14-12(19)15(3)5-4-10(13)16/h8-9H,4-7H2,1-3H3,(H2,13,16)(H,14,19)(H,17,18). The van der Waals surface area contributed by atoms with Crippen LogP contribution < -0.4 is 11.1 Å². The summed E-state index contributed by atoms with van der Waals surface area (Å²) in [5.41, 5.74) is 4.98. The Bertz CT molecular complexity index is 331. The van der Waals surface area contributed by atoms with Gasteiger partial charge < -0.3 is 21.1 Å². The zero-order valence-corrected chi connectivity index (χ0v) is 11.7. The zero-order valence-electron chi connectivity index (χ0n) is 11.7. The van der Waals surface area contributed by atoms with Crippen molar-refractivity contribution in [2.75, 3.05) is 20.1 Å². The molecule has 0 aliphatic heterocycles. The molecule has 0 aliphatic rings. The van der Waals surface area contributed by atoms with Crippen LogP contribution in [0.25, 0.3) is 0 Å². The van der Waals surface area contributed by atoms with Crippen molar-refractivity contribution in [3.8, 4) is 0 Å². The van der Waals surface area contributed by atoms with Crippen LogP contribution in [0.5, 0.6) is 0 Å². The Morgan fingerprint density at radius 2 is 1.89 bits per heavy atom. The second-order valence-corrected chi connectivity index (χ2v) is 4.99. The lowest BCUT2D eigenvalue weighted by atomic mass is 9.97. The number of aliphatic carboxylic acids is 1. The number of hydrogen-bond donors (Lipinski definition) is 3. The smallest absolute Gasteiger partial charge is 0.317 e.